The summed E-state index contributed by atoms with van der Waals surface area (Å²) in [4.78, 5) is 0. The molecule has 2 heteroatoms. The summed E-state index contributed by atoms with van der Waals surface area (Å²) < 4.78 is 0. The van der Waals surface area contributed by atoms with Crippen molar-refractivity contribution in [3.05, 3.63) is 0 Å². The van der Waals surface area contributed by atoms with Gasteiger partial charge in [0.1, 0.15) is 0 Å². The van der Waals surface area contributed by atoms with E-state index in [4.69, 9.17) is 5.73 Å². The van der Waals surface area contributed by atoms with Gasteiger partial charge in [0.25, 0.3) is 0 Å². The monoisotopic (exact) mass is 208 g/mol. The molecule has 1 radical (unpaired) electrons. The fourth-order valence-electron chi connectivity index (χ4n) is 0.571. The molecule has 1 nitrogen and oxygen atoms in total. The second kappa shape index (κ2) is 10.6. The Labute approximate surface area is 67.5 Å². The number of unbranched alkanes of at least 4 members (excludes halogenated alkanes) is 3. The van der Waals surface area contributed by atoms with Gasteiger partial charge in [-0.25, -0.2) is 0 Å². The van der Waals surface area contributed by atoms with E-state index in [9.17, 15) is 0 Å². The van der Waals surface area contributed by atoms with E-state index in [1.165, 1.54) is 25.7 Å². The van der Waals surface area contributed by atoms with Crippen LogP contribution in [-0.4, -0.2) is 6.54 Å². The van der Waals surface area contributed by atoms with E-state index in [1.807, 2.05) is 0 Å². The van der Waals surface area contributed by atoms with Crippen LogP contribution in [0, 0.1) is 0 Å². The van der Waals surface area contributed by atoms with E-state index in [0.717, 1.165) is 6.54 Å². The van der Waals surface area contributed by atoms with Crippen molar-refractivity contribution in [2.24, 2.45) is 5.73 Å². The number of nitrogens with two attached hydrogens (primary N) is 1. The predicted molar refractivity (Wildman–Crippen MR) is 33.2 cm³/mol. The van der Waals surface area contributed by atoms with Gasteiger partial charge in [-0.05, 0) is 13.0 Å². The normalized spacial score (nSPS) is 8.25. The van der Waals surface area contributed by atoms with E-state index < -0.39 is 0 Å². The summed E-state index contributed by atoms with van der Waals surface area (Å²) >= 11 is 0. The molecule has 0 spiro atoms. The SMILES string of the molecule is CCCCCCN.[Ag]. The molecule has 8 heavy (non-hydrogen) atoms. The van der Waals surface area contributed by atoms with Crippen molar-refractivity contribution in [3.8, 4) is 0 Å². The van der Waals surface area contributed by atoms with Crippen LogP contribution in [0.1, 0.15) is 32.6 Å². The summed E-state index contributed by atoms with van der Waals surface area (Å²) in [7, 11) is 0. The first-order valence-electron chi connectivity index (χ1n) is 3.12. The van der Waals surface area contributed by atoms with Crippen molar-refractivity contribution >= 4 is 0 Å². The number of rotatable bonds is 4. The molecule has 0 amide bonds. The van der Waals surface area contributed by atoms with E-state index in [1.54, 1.807) is 0 Å². The Morgan fingerprint density at radius 3 is 2.12 bits per heavy atom. The fourth-order valence-corrected chi connectivity index (χ4v) is 0.571. The van der Waals surface area contributed by atoms with Crippen molar-refractivity contribution in [2.75, 3.05) is 6.54 Å². The smallest absolute Gasteiger partial charge is 0 e. The molecule has 0 aliphatic rings. The average Bonchev–Trinajstić information content (AvgIpc) is 1.69. The zero-order valence-corrected chi connectivity index (χ0v) is 6.90. The van der Waals surface area contributed by atoms with Crippen molar-refractivity contribution in [1.29, 1.82) is 0 Å². The van der Waals surface area contributed by atoms with E-state index in [-0.39, 0.29) is 22.4 Å². The van der Waals surface area contributed by atoms with Crippen molar-refractivity contribution in [2.45, 2.75) is 32.6 Å². The molecule has 0 aliphatic heterocycles. The predicted octanol–water partition coefficient (Wildman–Crippen LogP) is 1.52. The van der Waals surface area contributed by atoms with Crippen LogP contribution in [0.25, 0.3) is 0 Å². The standard InChI is InChI=1S/C6H15N.Ag/c1-2-3-4-5-6-7;/h2-7H2,1H3;. The molecule has 0 heterocycles. The Kier molecular flexibility index (Phi) is 15.3. The average molecular weight is 209 g/mol. The van der Waals surface area contributed by atoms with Crippen molar-refractivity contribution < 1.29 is 22.4 Å². The third-order valence-corrected chi connectivity index (χ3v) is 1.06. The van der Waals surface area contributed by atoms with Crippen LogP contribution in [0.15, 0.2) is 0 Å². The molecule has 0 rings (SSSR count). The van der Waals surface area contributed by atoms with Crippen LogP contribution in [0.2, 0.25) is 0 Å². The first-order chi connectivity index (χ1) is 3.41. The molecule has 2 N–H and O–H groups in total. The van der Waals surface area contributed by atoms with Gasteiger partial charge in [0.05, 0.1) is 0 Å². The minimum absolute atomic E-state index is 0. The Balaban J connectivity index is 0. The third kappa shape index (κ3) is 9.85. The van der Waals surface area contributed by atoms with Crippen LogP contribution >= 0.6 is 0 Å². The van der Waals surface area contributed by atoms with Gasteiger partial charge in [0, 0.05) is 22.4 Å². The van der Waals surface area contributed by atoms with Crippen LogP contribution in [-0.2, 0) is 22.4 Å². The summed E-state index contributed by atoms with van der Waals surface area (Å²) in [6, 6.07) is 0. The minimum atomic E-state index is 0. The molecule has 0 bridgehead atoms. The van der Waals surface area contributed by atoms with Gasteiger partial charge in [-0.1, -0.05) is 26.2 Å². The van der Waals surface area contributed by atoms with Crippen LogP contribution < -0.4 is 5.73 Å². The molecule has 0 unspecified atom stereocenters. The number of hydrogen-bond donors (Lipinski definition) is 1. The Hall–Kier alpha value is 0.700. The largest absolute Gasteiger partial charge is 0.330 e. The molecule has 0 atom stereocenters. The van der Waals surface area contributed by atoms with Gasteiger partial charge < -0.3 is 5.73 Å². The molecule has 55 valence electrons. The maximum absolute atomic E-state index is 5.27. The quantitative estimate of drug-likeness (QED) is 0.551. The molecule has 0 aromatic carbocycles. The summed E-state index contributed by atoms with van der Waals surface area (Å²) in [5.41, 5.74) is 5.27. The first kappa shape index (κ1) is 11.5. The molecular weight excluding hydrogens is 194 g/mol. The molecule has 0 aliphatic carbocycles. The topological polar surface area (TPSA) is 26.0 Å². The van der Waals surface area contributed by atoms with Gasteiger partial charge in [-0.2, -0.15) is 0 Å². The molecule has 0 saturated carbocycles. The minimum Gasteiger partial charge on any atom is -0.330 e. The van der Waals surface area contributed by atoms with Crippen molar-refractivity contribution in [1.82, 2.24) is 0 Å². The van der Waals surface area contributed by atoms with Crippen LogP contribution in [0.4, 0.5) is 0 Å². The van der Waals surface area contributed by atoms with E-state index in [2.05, 4.69) is 6.92 Å². The van der Waals surface area contributed by atoms with Crippen LogP contribution in [0.3, 0.4) is 0 Å². The molecule has 0 saturated heterocycles. The van der Waals surface area contributed by atoms with Gasteiger partial charge in [0.15, 0.2) is 0 Å². The molecule has 0 aromatic rings. The summed E-state index contributed by atoms with van der Waals surface area (Å²) in [6.45, 7) is 3.07. The first-order valence-corrected chi connectivity index (χ1v) is 3.12. The zero-order chi connectivity index (χ0) is 5.54. The second-order valence-corrected chi connectivity index (χ2v) is 1.85. The van der Waals surface area contributed by atoms with Crippen molar-refractivity contribution in [3.63, 3.8) is 0 Å². The van der Waals surface area contributed by atoms with Gasteiger partial charge in [0.2, 0.25) is 0 Å². The summed E-state index contributed by atoms with van der Waals surface area (Å²) in [6.07, 6.45) is 5.16. The van der Waals surface area contributed by atoms with Gasteiger partial charge in [-0.3, -0.25) is 0 Å². The molecular formula is C6H15AgN. The Morgan fingerprint density at radius 1 is 1.12 bits per heavy atom. The maximum Gasteiger partial charge on any atom is 0 e. The van der Waals surface area contributed by atoms with Gasteiger partial charge >= 0.3 is 0 Å². The van der Waals surface area contributed by atoms with E-state index >= 15 is 0 Å². The molecule has 0 aromatic heterocycles. The van der Waals surface area contributed by atoms with Gasteiger partial charge in [-0.15, -0.1) is 0 Å². The Bertz CT molecular complexity index is 27.7. The second-order valence-electron chi connectivity index (χ2n) is 1.85. The maximum atomic E-state index is 5.27. The summed E-state index contributed by atoms with van der Waals surface area (Å²) in [5, 5.41) is 0. The number of hydrogen-bond acceptors (Lipinski definition) is 1. The zero-order valence-electron chi connectivity index (χ0n) is 5.41. The Morgan fingerprint density at radius 2 is 1.75 bits per heavy atom. The fraction of sp³-hybridized carbons (Fsp3) is 1.00. The molecule has 0 fully saturated rings. The van der Waals surface area contributed by atoms with E-state index in [0.29, 0.717) is 0 Å². The van der Waals surface area contributed by atoms with Crippen LogP contribution in [0.5, 0.6) is 0 Å². The summed E-state index contributed by atoms with van der Waals surface area (Å²) in [5.74, 6) is 0. The third-order valence-electron chi connectivity index (χ3n) is 1.06.